The molecule has 3 aromatic carbocycles. The molecule has 0 aliphatic rings. The molecule has 3 rings (SSSR count). The normalized spacial score (nSPS) is 11.9. The number of anilines is 1. The Morgan fingerprint density at radius 3 is 2.33 bits per heavy atom. The molecule has 174 valence electrons. The Morgan fingerprint density at radius 2 is 1.67 bits per heavy atom. The standard InChI is InChI=1S/C28H34N2O3/c1-21(2)29-16-9-17-33-27-15-14-23(19-24(27)18-22-10-5-3-6-11-22)26(20-31)28(32)30-25-12-7-4-8-13-25/h3-8,10-15,19,21,26,29,31H,9,16-18,20H2,1-2H3,(H,30,32). The molecule has 0 aliphatic heterocycles. The molecule has 3 aromatic rings. The molecular weight excluding hydrogens is 412 g/mol. The first kappa shape index (κ1) is 24.5. The van der Waals surface area contributed by atoms with Crippen molar-refractivity contribution >= 4 is 11.6 Å². The number of rotatable bonds is 12. The second kappa shape index (κ2) is 12.8. The molecule has 0 aliphatic carbocycles. The van der Waals surface area contributed by atoms with Gasteiger partial charge in [0.25, 0.3) is 0 Å². The molecule has 0 fully saturated rings. The Morgan fingerprint density at radius 1 is 0.970 bits per heavy atom. The van der Waals surface area contributed by atoms with Crippen molar-refractivity contribution in [2.24, 2.45) is 0 Å². The number of aliphatic hydroxyl groups is 1. The fraction of sp³-hybridized carbons (Fsp3) is 0.321. The van der Waals surface area contributed by atoms with E-state index in [9.17, 15) is 9.90 Å². The summed E-state index contributed by atoms with van der Waals surface area (Å²) in [5.74, 6) is -0.0842. The number of carbonyl (C=O) groups is 1. The summed E-state index contributed by atoms with van der Waals surface area (Å²) in [5, 5.41) is 16.3. The fourth-order valence-electron chi connectivity index (χ4n) is 3.65. The number of hydrogen-bond donors (Lipinski definition) is 3. The Balaban J connectivity index is 1.78. The summed E-state index contributed by atoms with van der Waals surface area (Å²) in [4.78, 5) is 12.9. The van der Waals surface area contributed by atoms with E-state index in [4.69, 9.17) is 4.74 Å². The summed E-state index contributed by atoms with van der Waals surface area (Å²) in [6.45, 7) is 5.49. The number of para-hydroxylation sites is 1. The van der Waals surface area contributed by atoms with E-state index < -0.39 is 5.92 Å². The van der Waals surface area contributed by atoms with Gasteiger partial charge in [-0.05, 0) is 47.9 Å². The van der Waals surface area contributed by atoms with Crippen LogP contribution in [0.3, 0.4) is 0 Å². The first-order valence-corrected chi connectivity index (χ1v) is 11.6. The van der Waals surface area contributed by atoms with Crippen LogP contribution in [0.1, 0.15) is 42.9 Å². The molecule has 0 aromatic heterocycles. The van der Waals surface area contributed by atoms with E-state index in [0.29, 0.717) is 24.8 Å². The third-order valence-electron chi connectivity index (χ3n) is 5.40. The van der Waals surface area contributed by atoms with E-state index in [1.807, 2.05) is 66.7 Å². The van der Waals surface area contributed by atoms with Crippen molar-refractivity contribution < 1.29 is 14.6 Å². The van der Waals surface area contributed by atoms with Crippen LogP contribution >= 0.6 is 0 Å². The first-order chi connectivity index (χ1) is 16.1. The Bertz CT molecular complexity index is 991. The van der Waals surface area contributed by atoms with Crippen molar-refractivity contribution in [2.75, 3.05) is 25.1 Å². The van der Waals surface area contributed by atoms with Gasteiger partial charge >= 0.3 is 0 Å². The van der Waals surface area contributed by atoms with Gasteiger partial charge in [-0.3, -0.25) is 4.79 Å². The second-order valence-corrected chi connectivity index (χ2v) is 8.43. The molecule has 0 spiro atoms. The maximum absolute atomic E-state index is 12.9. The van der Waals surface area contributed by atoms with Crippen molar-refractivity contribution in [1.82, 2.24) is 5.32 Å². The van der Waals surface area contributed by atoms with Crippen LogP contribution in [0.15, 0.2) is 78.9 Å². The van der Waals surface area contributed by atoms with E-state index >= 15 is 0 Å². The van der Waals surface area contributed by atoms with Gasteiger partial charge in [0.1, 0.15) is 5.75 Å². The van der Waals surface area contributed by atoms with Crippen molar-refractivity contribution in [1.29, 1.82) is 0 Å². The minimum Gasteiger partial charge on any atom is -0.493 e. The monoisotopic (exact) mass is 446 g/mol. The Hall–Kier alpha value is -3.15. The summed E-state index contributed by atoms with van der Waals surface area (Å²) in [7, 11) is 0. The van der Waals surface area contributed by atoms with Gasteiger partial charge in [-0.1, -0.05) is 74.5 Å². The van der Waals surface area contributed by atoms with Gasteiger partial charge in [0, 0.05) is 18.2 Å². The quantitative estimate of drug-likeness (QED) is 0.351. The highest BCUT2D eigenvalue weighted by Gasteiger charge is 2.21. The van der Waals surface area contributed by atoms with Gasteiger partial charge < -0.3 is 20.5 Å². The van der Waals surface area contributed by atoms with E-state index in [-0.39, 0.29) is 12.5 Å². The maximum Gasteiger partial charge on any atom is 0.234 e. The van der Waals surface area contributed by atoms with Gasteiger partial charge in [0.15, 0.2) is 0 Å². The predicted molar refractivity (Wildman–Crippen MR) is 134 cm³/mol. The zero-order chi connectivity index (χ0) is 23.5. The van der Waals surface area contributed by atoms with Crippen LogP contribution < -0.4 is 15.4 Å². The van der Waals surface area contributed by atoms with Crippen LogP contribution in [-0.4, -0.2) is 36.8 Å². The third-order valence-corrected chi connectivity index (χ3v) is 5.40. The van der Waals surface area contributed by atoms with Gasteiger partial charge in [-0.2, -0.15) is 0 Å². The summed E-state index contributed by atoms with van der Waals surface area (Å²) >= 11 is 0. The average molecular weight is 447 g/mol. The maximum atomic E-state index is 12.9. The lowest BCUT2D eigenvalue weighted by Gasteiger charge is -2.18. The molecule has 0 radical (unpaired) electrons. The third kappa shape index (κ3) is 7.74. The fourth-order valence-corrected chi connectivity index (χ4v) is 3.65. The number of amides is 1. The highest BCUT2D eigenvalue weighted by molar-refractivity contribution is 5.96. The van der Waals surface area contributed by atoms with Gasteiger partial charge in [0.2, 0.25) is 5.91 Å². The molecule has 33 heavy (non-hydrogen) atoms. The largest absolute Gasteiger partial charge is 0.493 e. The molecule has 1 atom stereocenters. The number of benzene rings is 3. The van der Waals surface area contributed by atoms with Crippen LogP contribution in [0.4, 0.5) is 5.69 Å². The summed E-state index contributed by atoms with van der Waals surface area (Å²) in [5.41, 5.74) is 3.64. The zero-order valence-electron chi connectivity index (χ0n) is 19.5. The SMILES string of the molecule is CC(C)NCCCOc1ccc(C(CO)C(=O)Nc2ccccc2)cc1Cc1ccccc1. The molecule has 3 N–H and O–H groups in total. The molecule has 1 unspecified atom stereocenters. The molecule has 0 bridgehead atoms. The molecule has 5 heteroatoms. The second-order valence-electron chi connectivity index (χ2n) is 8.43. The van der Waals surface area contributed by atoms with E-state index in [0.717, 1.165) is 35.4 Å². The van der Waals surface area contributed by atoms with Crippen LogP contribution in [0, 0.1) is 0 Å². The van der Waals surface area contributed by atoms with E-state index in [1.54, 1.807) is 0 Å². The molecule has 0 saturated carbocycles. The topological polar surface area (TPSA) is 70.6 Å². The number of aliphatic hydroxyl groups excluding tert-OH is 1. The minimum absolute atomic E-state index is 0.234. The average Bonchev–Trinajstić information content (AvgIpc) is 2.81. The number of nitrogens with one attached hydrogen (secondary N) is 2. The lowest BCUT2D eigenvalue weighted by Crippen LogP contribution is -2.25. The lowest BCUT2D eigenvalue weighted by molar-refractivity contribution is -0.118. The van der Waals surface area contributed by atoms with E-state index in [2.05, 4.69) is 36.6 Å². The Labute approximate surface area is 196 Å². The summed E-state index contributed by atoms with van der Waals surface area (Å²) in [6.07, 6.45) is 1.59. The van der Waals surface area contributed by atoms with E-state index in [1.165, 1.54) is 0 Å². The summed E-state index contributed by atoms with van der Waals surface area (Å²) < 4.78 is 6.11. The summed E-state index contributed by atoms with van der Waals surface area (Å²) in [6, 6.07) is 25.7. The molecule has 1 amide bonds. The molecule has 0 saturated heterocycles. The predicted octanol–water partition coefficient (Wildman–Crippen LogP) is 4.76. The van der Waals surface area contributed by atoms with Crippen LogP contribution in [-0.2, 0) is 11.2 Å². The Kier molecular flexibility index (Phi) is 9.48. The smallest absolute Gasteiger partial charge is 0.234 e. The van der Waals surface area contributed by atoms with Crippen LogP contribution in [0.5, 0.6) is 5.75 Å². The van der Waals surface area contributed by atoms with Crippen molar-refractivity contribution in [2.45, 2.75) is 38.6 Å². The zero-order valence-corrected chi connectivity index (χ0v) is 19.5. The van der Waals surface area contributed by atoms with Crippen LogP contribution in [0.2, 0.25) is 0 Å². The molecular formula is C28H34N2O3. The van der Waals surface area contributed by atoms with Crippen LogP contribution in [0.25, 0.3) is 0 Å². The first-order valence-electron chi connectivity index (χ1n) is 11.6. The number of hydrogen-bond acceptors (Lipinski definition) is 4. The van der Waals surface area contributed by atoms with Crippen molar-refractivity contribution in [3.63, 3.8) is 0 Å². The minimum atomic E-state index is -0.663. The van der Waals surface area contributed by atoms with Crippen molar-refractivity contribution in [3.05, 3.63) is 95.6 Å². The van der Waals surface area contributed by atoms with Gasteiger partial charge in [0.05, 0.1) is 19.1 Å². The van der Waals surface area contributed by atoms with Gasteiger partial charge in [-0.15, -0.1) is 0 Å². The molecule has 0 heterocycles. The highest BCUT2D eigenvalue weighted by Crippen LogP contribution is 2.28. The molecule has 5 nitrogen and oxygen atoms in total. The highest BCUT2D eigenvalue weighted by atomic mass is 16.5. The van der Waals surface area contributed by atoms with Crippen molar-refractivity contribution in [3.8, 4) is 5.75 Å². The number of carbonyl (C=O) groups excluding carboxylic acids is 1. The lowest BCUT2D eigenvalue weighted by atomic mass is 9.94. The number of ether oxygens (including phenoxy) is 1. The van der Waals surface area contributed by atoms with Gasteiger partial charge in [-0.25, -0.2) is 0 Å².